The molecule has 0 saturated heterocycles. The molecule has 0 aliphatic rings. The van der Waals surface area contributed by atoms with Crippen molar-refractivity contribution in [3.05, 3.63) is 70.1 Å². The van der Waals surface area contributed by atoms with E-state index < -0.39 is 71.7 Å². The summed E-state index contributed by atoms with van der Waals surface area (Å²) in [6.45, 7) is 6.44. The minimum Gasteiger partial charge on any atom is -0.508 e. The van der Waals surface area contributed by atoms with E-state index in [1.54, 1.807) is 39.0 Å². The van der Waals surface area contributed by atoms with Crippen molar-refractivity contribution >= 4 is 46.3 Å². The summed E-state index contributed by atoms with van der Waals surface area (Å²) < 4.78 is 5.17. The number of carbonyl (C=O) groups excluding carboxylic acids is 4. The minimum absolute atomic E-state index is 0.0672. The first kappa shape index (κ1) is 34.3. The van der Waals surface area contributed by atoms with Crippen molar-refractivity contribution in [1.82, 2.24) is 16.0 Å². The first-order chi connectivity index (χ1) is 21.1. The van der Waals surface area contributed by atoms with E-state index in [0.717, 1.165) is 0 Å². The maximum Gasteiger partial charge on any atom is 0.336 e. The molecule has 0 radical (unpaired) electrons. The number of aryl methyl sites for hydroxylation is 1. The van der Waals surface area contributed by atoms with Gasteiger partial charge in [0.05, 0.1) is 12.5 Å². The lowest BCUT2D eigenvalue weighted by atomic mass is 10.0. The van der Waals surface area contributed by atoms with Crippen molar-refractivity contribution in [2.75, 3.05) is 5.32 Å². The number of hydrogen-bond donors (Lipinski definition) is 7. The summed E-state index contributed by atoms with van der Waals surface area (Å²) in [5.74, 6) is -4.68. The molecule has 0 unspecified atom stereocenters. The number of fused-ring (bicyclic) bond motifs is 1. The maximum absolute atomic E-state index is 13.1. The lowest BCUT2D eigenvalue weighted by Crippen LogP contribution is -2.58. The van der Waals surface area contributed by atoms with Crippen molar-refractivity contribution in [2.45, 2.75) is 64.7 Å². The Balaban J connectivity index is 1.63. The third-order valence-electron chi connectivity index (χ3n) is 6.96. The number of carbonyl (C=O) groups is 5. The fourth-order valence-electron chi connectivity index (χ4n) is 4.46. The average molecular weight is 624 g/mol. The summed E-state index contributed by atoms with van der Waals surface area (Å²) in [6.07, 6.45) is -0.610. The van der Waals surface area contributed by atoms with E-state index in [9.17, 15) is 39.0 Å². The van der Waals surface area contributed by atoms with Crippen LogP contribution in [-0.4, -0.2) is 64.0 Å². The molecular formula is C31H37N5O9. The van der Waals surface area contributed by atoms with E-state index >= 15 is 0 Å². The molecule has 3 rings (SSSR count). The van der Waals surface area contributed by atoms with E-state index in [4.69, 9.17) is 10.2 Å². The summed E-state index contributed by atoms with van der Waals surface area (Å²) in [6, 6.07) is 7.25. The van der Waals surface area contributed by atoms with Gasteiger partial charge in [0, 0.05) is 23.2 Å². The van der Waals surface area contributed by atoms with Crippen LogP contribution in [0.2, 0.25) is 0 Å². The van der Waals surface area contributed by atoms with Crippen LogP contribution in [-0.2, 0) is 30.4 Å². The zero-order valence-corrected chi connectivity index (χ0v) is 25.2. The quantitative estimate of drug-likeness (QED) is 0.133. The maximum atomic E-state index is 13.1. The fourth-order valence-corrected chi connectivity index (χ4v) is 4.46. The highest BCUT2D eigenvalue weighted by Crippen LogP contribution is 2.21. The summed E-state index contributed by atoms with van der Waals surface area (Å²) in [7, 11) is 0. The van der Waals surface area contributed by atoms with Gasteiger partial charge in [-0.15, -0.1) is 0 Å². The lowest BCUT2D eigenvalue weighted by molar-refractivity contribution is -0.140. The first-order valence-electron chi connectivity index (χ1n) is 14.2. The Morgan fingerprint density at radius 1 is 0.867 bits per heavy atom. The second kappa shape index (κ2) is 15.0. The predicted octanol–water partition coefficient (Wildman–Crippen LogP) is 0.921. The number of aliphatic carboxylic acids is 1. The molecule has 14 heteroatoms. The molecule has 14 nitrogen and oxygen atoms in total. The van der Waals surface area contributed by atoms with Gasteiger partial charge in [-0.05, 0) is 61.6 Å². The summed E-state index contributed by atoms with van der Waals surface area (Å²) >= 11 is 0. The lowest BCUT2D eigenvalue weighted by Gasteiger charge is -2.26. The van der Waals surface area contributed by atoms with E-state index in [1.165, 1.54) is 37.3 Å². The van der Waals surface area contributed by atoms with Crippen LogP contribution in [0.5, 0.6) is 5.75 Å². The smallest absolute Gasteiger partial charge is 0.336 e. The van der Waals surface area contributed by atoms with E-state index in [-0.39, 0.29) is 23.4 Å². The van der Waals surface area contributed by atoms with Gasteiger partial charge in [0.25, 0.3) is 0 Å². The molecule has 8 N–H and O–H groups in total. The van der Waals surface area contributed by atoms with Gasteiger partial charge >= 0.3 is 11.6 Å². The number of phenolic OH excluding ortho intramolecular Hbond substituents is 1. The van der Waals surface area contributed by atoms with Crippen molar-refractivity contribution in [2.24, 2.45) is 11.7 Å². The number of rotatable bonds is 13. The zero-order chi connectivity index (χ0) is 33.4. The van der Waals surface area contributed by atoms with Crippen LogP contribution >= 0.6 is 0 Å². The highest BCUT2D eigenvalue weighted by atomic mass is 16.4. The minimum atomic E-state index is -1.52. The number of nitrogens with two attached hydrogens (primary N) is 1. The molecule has 0 aliphatic heterocycles. The van der Waals surface area contributed by atoms with Gasteiger partial charge in [0.1, 0.15) is 29.5 Å². The van der Waals surface area contributed by atoms with E-state index in [0.29, 0.717) is 16.5 Å². The second-order valence-electron chi connectivity index (χ2n) is 11.0. The molecule has 0 spiro atoms. The SMILES string of the molecule is Cc1cc(=O)oc2cc(NC(=O)[C@H](CC(=O)O)NC(=O)[C@H](C)NC(=O)[C@@H](NC(=O)[C@@H](N)Cc3ccc(O)cc3)C(C)C)ccc12. The zero-order valence-electron chi connectivity index (χ0n) is 25.2. The van der Waals surface area contributed by atoms with Crippen LogP contribution in [0.15, 0.2) is 57.7 Å². The number of carboxylic acid groups (broad SMARTS) is 1. The summed E-state index contributed by atoms with van der Waals surface area (Å²) in [5, 5.41) is 29.4. The normalized spacial score (nSPS) is 13.7. The monoisotopic (exact) mass is 623 g/mol. The first-order valence-corrected chi connectivity index (χ1v) is 14.2. The highest BCUT2D eigenvalue weighted by Gasteiger charge is 2.31. The number of aromatic hydroxyl groups is 1. The Bertz CT molecular complexity index is 1630. The largest absolute Gasteiger partial charge is 0.508 e. The Morgan fingerprint density at radius 2 is 1.53 bits per heavy atom. The molecule has 0 aliphatic carbocycles. The van der Waals surface area contributed by atoms with Gasteiger partial charge in [-0.1, -0.05) is 26.0 Å². The van der Waals surface area contributed by atoms with Crippen LogP contribution in [0.1, 0.15) is 38.3 Å². The van der Waals surface area contributed by atoms with Gasteiger partial charge in [0.15, 0.2) is 0 Å². The molecule has 3 aromatic rings. The standard InChI is InChI=1S/C31H37N5O9/c1-15(2)27(36-29(42)22(32)12-18-5-8-20(37)9-6-18)31(44)33-17(4)28(41)35-23(14-25(38)39)30(43)34-19-7-10-21-16(3)11-26(40)45-24(21)13-19/h5-11,13,15,17,22-23,27,37H,12,14,32H2,1-4H3,(H,33,44)(H,34,43)(H,35,41)(H,36,42)(H,38,39)/t17-,22-,23-,27-/m0/s1. The van der Waals surface area contributed by atoms with Crippen molar-refractivity contribution in [3.8, 4) is 5.75 Å². The van der Waals surface area contributed by atoms with Crippen LogP contribution in [0.3, 0.4) is 0 Å². The van der Waals surface area contributed by atoms with Crippen LogP contribution in [0.4, 0.5) is 5.69 Å². The van der Waals surface area contributed by atoms with Crippen molar-refractivity contribution in [3.63, 3.8) is 0 Å². The van der Waals surface area contributed by atoms with E-state index in [2.05, 4.69) is 21.3 Å². The molecule has 0 fully saturated rings. The third kappa shape index (κ3) is 9.63. The Kier molecular flexibility index (Phi) is 11.4. The number of phenols is 1. The Labute approximate surface area is 258 Å². The second-order valence-corrected chi connectivity index (χ2v) is 11.0. The molecule has 0 saturated carbocycles. The Hall–Kier alpha value is -5.24. The molecular weight excluding hydrogens is 586 g/mol. The number of nitrogens with one attached hydrogen (secondary N) is 4. The van der Waals surface area contributed by atoms with Gasteiger partial charge in [0.2, 0.25) is 23.6 Å². The number of carboxylic acids is 1. The molecule has 0 bridgehead atoms. The molecule has 4 amide bonds. The summed E-state index contributed by atoms with van der Waals surface area (Å²) in [4.78, 5) is 75.0. The van der Waals surface area contributed by atoms with Gasteiger partial charge in [-0.25, -0.2) is 4.79 Å². The van der Waals surface area contributed by atoms with Crippen molar-refractivity contribution < 1.29 is 38.6 Å². The molecule has 45 heavy (non-hydrogen) atoms. The van der Waals surface area contributed by atoms with Gasteiger partial charge < -0.3 is 41.6 Å². The third-order valence-corrected chi connectivity index (χ3v) is 6.96. The molecule has 240 valence electrons. The molecule has 4 atom stereocenters. The molecule has 1 heterocycles. The molecule has 2 aromatic carbocycles. The summed E-state index contributed by atoms with van der Waals surface area (Å²) in [5.41, 5.74) is 7.23. The van der Waals surface area contributed by atoms with Gasteiger partial charge in [-0.2, -0.15) is 0 Å². The average Bonchev–Trinajstić information content (AvgIpc) is 2.95. The van der Waals surface area contributed by atoms with Gasteiger partial charge in [-0.3, -0.25) is 24.0 Å². The topological polar surface area (TPSA) is 230 Å². The predicted molar refractivity (Wildman–Crippen MR) is 164 cm³/mol. The molecule has 1 aromatic heterocycles. The Morgan fingerprint density at radius 3 is 2.16 bits per heavy atom. The van der Waals surface area contributed by atoms with E-state index in [1.807, 2.05) is 0 Å². The van der Waals surface area contributed by atoms with Crippen LogP contribution < -0.4 is 32.6 Å². The number of amides is 4. The van der Waals surface area contributed by atoms with Crippen molar-refractivity contribution in [1.29, 1.82) is 0 Å². The number of anilines is 1. The number of benzene rings is 2. The van der Waals surface area contributed by atoms with Crippen LogP contribution in [0.25, 0.3) is 11.0 Å². The number of hydrogen-bond acceptors (Lipinski definition) is 9. The fraction of sp³-hybridized carbons (Fsp3) is 0.355. The van der Waals surface area contributed by atoms with Crippen LogP contribution in [0, 0.1) is 12.8 Å². The highest BCUT2D eigenvalue weighted by molar-refractivity contribution is 6.01.